The molecule has 2 aromatic heterocycles. The van der Waals surface area contributed by atoms with Gasteiger partial charge in [0.05, 0.1) is 0 Å². The van der Waals surface area contributed by atoms with Crippen LogP contribution < -0.4 is 0 Å². The van der Waals surface area contributed by atoms with Crippen LogP contribution in [0.3, 0.4) is 0 Å². The van der Waals surface area contributed by atoms with Crippen molar-refractivity contribution < 1.29 is 0 Å². The number of aromatic nitrogens is 2. The van der Waals surface area contributed by atoms with E-state index >= 15 is 0 Å². The lowest BCUT2D eigenvalue weighted by Crippen LogP contribution is -1.76. The van der Waals surface area contributed by atoms with Crippen molar-refractivity contribution in [2.45, 2.75) is 0 Å². The van der Waals surface area contributed by atoms with Gasteiger partial charge < -0.3 is 0 Å². The summed E-state index contributed by atoms with van der Waals surface area (Å²) in [5.41, 5.74) is 0.930. The van der Waals surface area contributed by atoms with Crippen LogP contribution in [0.25, 0.3) is 10.6 Å². The van der Waals surface area contributed by atoms with Gasteiger partial charge in [-0.25, -0.2) is 4.98 Å². The number of hydrogen-bond acceptors (Lipinski definition) is 4. The molecule has 2 heterocycles. The van der Waals surface area contributed by atoms with Gasteiger partial charge in [-0.05, 0) is 28.1 Å². The molecule has 0 saturated carbocycles. The summed E-state index contributed by atoms with van der Waals surface area (Å²) in [7, 11) is 0. The molecule has 3 nitrogen and oxygen atoms in total. The van der Waals surface area contributed by atoms with Crippen LogP contribution in [-0.2, 0) is 0 Å². The molecule has 0 aliphatic carbocycles. The minimum absolute atomic E-state index is 0.587. The van der Waals surface area contributed by atoms with Gasteiger partial charge in [0.1, 0.15) is 20.6 Å². The van der Waals surface area contributed by atoms with Gasteiger partial charge in [-0.15, -0.1) is 11.3 Å². The van der Waals surface area contributed by atoms with Crippen LogP contribution in [0.4, 0.5) is 0 Å². The van der Waals surface area contributed by atoms with E-state index in [2.05, 4.69) is 32.0 Å². The van der Waals surface area contributed by atoms with Crippen molar-refractivity contribution in [3.63, 3.8) is 0 Å². The molecule has 2 aromatic rings. The molecule has 0 radical (unpaired) electrons. The molecular formula is C9H4BrN3S. The highest BCUT2D eigenvalue weighted by Crippen LogP contribution is 2.29. The largest absolute Gasteiger partial charge is 0.264 e. The lowest BCUT2D eigenvalue weighted by molar-refractivity contribution is 1.30. The lowest BCUT2D eigenvalue weighted by Gasteiger charge is -1.91. The summed E-state index contributed by atoms with van der Waals surface area (Å²) in [6.07, 6.45) is 3.43. The van der Waals surface area contributed by atoms with E-state index in [-0.39, 0.29) is 0 Å². The highest BCUT2D eigenvalue weighted by molar-refractivity contribution is 9.10. The van der Waals surface area contributed by atoms with E-state index in [4.69, 9.17) is 5.26 Å². The van der Waals surface area contributed by atoms with Crippen molar-refractivity contribution >= 4 is 27.3 Å². The third-order valence-electron chi connectivity index (χ3n) is 1.60. The normalized spacial score (nSPS) is 9.71. The quantitative estimate of drug-likeness (QED) is 0.797. The highest BCUT2D eigenvalue weighted by atomic mass is 79.9. The molecule has 14 heavy (non-hydrogen) atoms. The number of nitriles is 1. The standard InChI is InChI=1S/C9H4BrN3S/c10-8-7(4-11)14-9(13-8)6-2-1-3-12-5-6/h1-3,5H. The molecule has 2 rings (SSSR count). The van der Waals surface area contributed by atoms with Gasteiger partial charge in [-0.3, -0.25) is 4.98 Å². The molecule has 5 heteroatoms. The van der Waals surface area contributed by atoms with E-state index in [0.29, 0.717) is 9.48 Å². The Bertz CT molecular complexity index is 487. The minimum atomic E-state index is 0.587. The molecule has 0 fully saturated rings. The first-order valence-corrected chi connectivity index (χ1v) is 5.39. The van der Waals surface area contributed by atoms with Crippen molar-refractivity contribution in [2.75, 3.05) is 0 Å². The third-order valence-corrected chi connectivity index (χ3v) is 3.44. The van der Waals surface area contributed by atoms with Crippen molar-refractivity contribution in [1.29, 1.82) is 5.26 Å². The fraction of sp³-hybridized carbons (Fsp3) is 0. The second-order valence-electron chi connectivity index (χ2n) is 2.49. The second kappa shape index (κ2) is 3.86. The van der Waals surface area contributed by atoms with E-state index in [1.165, 1.54) is 11.3 Å². The Labute approximate surface area is 93.2 Å². The second-order valence-corrected chi connectivity index (χ2v) is 4.24. The van der Waals surface area contributed by atoms with Gasteiger partial charge in [0, 0.05) is 18.0 Å². The molecule has 0 atom stereocenters. The summed E-state index contributed by atoms with van der Waals surface area (Å²) >= 11 is 4.58. The summed E-state index contributed by atoms with van der Waals surface area (Å²) in [4.78, 5) is 8.81. The summed E-state index contributed by atoms with van der Waals surface area (Å²) in [6, 6.07) is 5.83. The van der Waals surface area contributed by atoms with Gasteiger partial charge in [-0.2, -0.15) is 5.26 Å². The van der Waals surface area contributed by atoms with E-state index in [1.807, 2.05) is 12.1 Å². The Morgan fingerprint density at radius 3 is 2.93 bits per heavy atom. The number of hydrogen-bond donors (Lipinski definition) is 0. The molecule has 0 aliphatic rings. The third kappa shape index (κ3) is 1.67. The SMILES string of the molecule is N#Cc1sc(-c2cccnc2)nc1Br. The predicted molar refractivity (Wildman–Crippen MR) is 57.8 cm³/mol. The molecule has 0 spiro atoms. The van der Waals surface area contributed by atoms with E-state index < -0.39 is 0 Å². The highest BCUT2D eigenvalue weighted by Gasteiger charge is 2.09. The molecule has 0 aromatic carbocycles. The minimum Gasteiger partial charge on any atom is -0.264 e. The number of pyridine rings is 1. The fourth-order valence-electron chi connectivity index (χ4n) is 0.983. The zero-order chi connectivity index (χ0) is 9.97. The fourth-order valence-corrected chi connectivity index (χ4v) is 2.35. The average Bonchev–Trinajstić information content (AvgIpc) is 2.61. The first-order valence-electron chi connectivity index (χ1n) is 3.78. The summed E-state index contributed by atoms with van der Waals surface area (Å²) in [6.45, 7) is 0. The Balaban J connectivity index is 2.50. The first-order chi connectivity index (χ1) is 6.81. The van der Waals surface area contributed by atoms with E-state index in [9.17, 15) is 0 Å². The first kappa shape index (κ1) is 9.31. The van der Waals surface area contributed by atoms with E-state index in [1.54, 1.807) is 12.4 Å². The summed E-state index contributed by atoms with van der Waals surface area (Å²) in [5.74, 6) is 0. The van der Waals surface area contributed by atoms with Crippen LogP contribution in [0, 0.1) is 11.3 Å². The van der Waals surface area contributed by atoms with Gasteiger partial charge >= 0.3 is 0 Å². The maximum absolute atomic E-state index is 8.75. The Morgan fingerprint density at radius 2 is 2.36 bits per heavy atom. The molecule has 0 amide bonds. The molecule has 0 saturated heterocycles. The number of rotatable bonds is 1. The zero-order valence-corrected chi connectivity index (χ0v) is 9.34. The molecular weight excluding hydrogens is 262 g/mol. The van der Waals surface area contributed by atoms with Crippen LogP contribution in [0.1, 0.15) is 4.88 Å². The molecule has 0 bridgehead atoms. The van der Waals surface area contributed by atoms with Crippen molar-refractivity contribution in [1.82, 2.24) is 9.97 Å². The van der Waals surface area contributed by atoms with Crippen LogP contribution in [-0.4, -0.2) is 9.97 Å². The van der Waals surface area contributed by atoms with Gasteiger partial charge in [-0.1, -0.05) is 0 Å². The molecule has 0 N–H and O–H groups in total. The number of nitrogens with zero attached hydrogens (tertiary/aromatic N) is 3. The van der Waals surface area contributed by atoms with Gasteiger partial charge in [0.2, 0.25) is 0 Å². The Morgan fingerprint density at radius 1 is 1.50 bits per heavy atom. The van der Waals surface area contributed by atoms with E-state index in [0.717, 1.165) is 10.6 Å². The van der Waals surface area contributed by atoms with Crippen molar-refractivity contribution in [3.05, 3.63) is 34.0 Å². The Hall–Kier alpha value is -1.25. The van der Waals surface area contributed by atoms with Crippen LogP contribution in [0.5, 0.6) is 0 Å². The maximum Gasteiger partial charge on any atom is 0.139 e. The molecule has 0 unspecified atom stereocenters. The van der Waals surface area contributed by atoms with Crippen molar-refractivity contribution in [2.24, 2.45) is 0 Å². The number of thiazole rings is 1. The van der Waals surface area contributed by atoms with Crippen molar-refractivity contribution in [3.8, 4) is 16.6 Å². The predicted octanol–water partition coefficient (Wildman–Crippen LogP) is 2.84. The molecule has 68 valence electrons. The zero-order valence-electron chi connectivity index (χ0n) is 6.94. The lowest BCUT2D eigenvalue weighted by atomic mass is 10.3. The van der Waals surface area contributed by atoms with Crippen LogP contribution in [0.2, 0.25) is 0 Å². The summed E-state index contributed by atoms with van der Waals surface area (Å²) < 4.78 is 0.601. The Kier molecular flexibility index (Phi) is 2.57. The topological polar surface area (TPSA) is 49.6 Å². The van der Waals surface area contributed by atoms with Crippen LogP contribution in [0.15, 0.2) is 29.1 Å². The van der Waals surface area contributed by atoms with Crippen LogP contribution >= 0.6 is 27.3 Å². The molecule has 0 aliphatic heterocycles. The monoisotopic (exact) mass is 265 g/mol. The average molecular weight is 266 g/mol. The smallest absolute Gasteiger partial charge is 0.139 e. The van der Waals surface area contributed by atoms with Gasteiger partial charge in [0.15, 0.2) is 0 Å². The van der Waals surface area contributed by atoms with Gasteiger partial charge in [0.25, 0.3) is 0 Å². The summed E-state index contributed by atoms with van der Waals surface area (Å²) in [5, 5.41) is 9.56. The number of halogens is 1. The maximum atomic E-state index is 8.75.